The summed E-state index contributed by atoms with van der Waals surface area (Å²) in [5.74, 6) is -3.24. The number of rotatable bonds is 13. The molecule has 0 saturated carbocycles. The molecule has 1 unspecified atom stereocenters. The molecule has 2 amide bonds. The summed E-state index contributed by atoms with van der Waals surface area (Å²) in [5.41, 5.74) is 3.56. The van der Waals surface area contributed by atoms with Crippen molar-refractivity contribution >= 4 is 61.3 Å². The van der Waals surface area contributed by atoms with Crippen molar-refractivity contribution in [2.24, 2.45) is 12.2 Å². The van der Waals surface area contributed by atoms with Crippen molar-refractivity contribution in [2.75, 3.05) is 25.4 Å². The van der Waals surface area contributed by atoms with Gasteiger partial charge in [-0.05, 0) is 26.0 Å². The number of β-amino-alcohol motifs (C(OH)–C–C–N with tert-alkyl or cyclic N) is 1. The van der Waals surface area contributed by atoms with E-state index in [9.17, 15) is 37.6 Å². The van der Waals surface area contributed by atoms with Crippen molar-refractivity contribution < 1.29 is 56.1 Å². The van der Waals surface area contributed by atoms with Crippen LogP contribution in [0.4, 0.5) is 5.13 Å². The van der Waals surface area contributed by atoms with Gasteiger partial charge in [0.05, 0.1) is 17.1 Å². The minimum atomic E-state index is -5.27. The maximum absolute atomic E-state index is 13.2. The molecule has 3 aromatic rings. The molecule has 2 atom stereocenters. The summed E-state index contributed by atoms with van der Waals surface area (Å²) in [4.78, 5) is 46.9. The average molecular weight is 683 g/mol. The van der Waals surface area contributed by atoms with Crippen LogP contribution in [0.25, 0.3) is 10.9 Å². The first-order valence-electron chi connectivity index (χ1n) is 13.5. The highest BCUT2D eigenvalue weighted by atomic mass is 32.3. The van der Waals surface area contributed by atoms with E-state index < -0.39 is 63.8 Å². The van der Waals surface area contributed by atoms with Gasteiger partial charge < -0.3 is 40.7 Å². The Morgan fingerprint density at radius 3 is 2.65 bits per heavy atom. The van der Waals surface area contributed by atoms with Crippen LogP contribution in [0.15, 0.2) is 34.9 Å². The van der Waals surface area contributed by atoms with Crippen molar-refractivity contribution in [1.29, 1.82) is 0 Å². The Morgan fingerprint density at radius 1 is 1.37 bits per heavy atom. The lowest BCUT2D eigenvalue weighted by Gasteiger charge is -2.51. The Morgan fingerprint density at radius 2 is 2.09 bits per heavy atom. The second-order valence-electron chi connectivity index (χ2n) is 11.2. The number of anilines is 1. The van der Waals surface area contributed by atoms with E-state index in [0.29, 0.717) is 30.4 Å². The molecule has 0 bridgehead atoms. The highest BCUT2D eigenvalue weighted by molar-refractivity contribution is 7.80. The molecule has 0 aliphatic carbocycles. The van der Waals surface area contributed by atoms with Gasteiger partial charge in [0, 0.05) is 24.5 Å². The second-order valence-corrected chi connectivity index (χ2v) is 13.1. The van der Waals surface area contributed by atoms with Crippen molar-refractivity contribution in [3.63, 3.8) is 0 Å². The van der Waals surface area contributed by atoms with Gasteiger partial charge in [0.15, 0.2) is 17.9 Å². The molecule has 0 spiro atoms. The zero-order valence-corrected chi connectivity index (χ0v) is 26.2. The van der Waals surface area contributed by atoms with Crippen LogP contribution in [0.3, 0.4) is 0 Å². The summed E-state index contributed by atoms with van der Waals surface area (Å²) in [6, 6.07) is 3.74. The van der Waals surface area contributed by atoms with Crippen molar-refractivity contribution in [3.05, 3.63) is 35.5 Å². The monoisotopic (exact) mass is 682 g/mol. The summed E-state index contributed by atoms with van der Waals surface area (Å²) in [6.45, 7) is 3.46. The van der Waals surface area contributed by atoms with Crippen molar-refractivity contribution in [1.82, 2.24) is 25.4 Å². The Balaban J connectivity index is 1.29. The number of nitrogens with zero attached hydrogens (tertiary/aromatic N) is 5. The Bertz CT molecular complexity index is 1830. The van der Waals surface area contributed by atoms with Crippen LogP contribution in [0.2, 0.25) is 0 Å². The van der Waals surface area contributed by atoms with Gasteiger partial charge in [0.2, 0.25) is 15.9 Å². The molecule has 21 heteroatoms. The number of aliphatic carboxylic acids is 1. The predicted octanol–water partition coefficient (Wildman–Crippen LogP) is -2.41. The third-order valence-electron chi connectivity index (χ3n) is 7.43. The molecular weight excluding hydrogens is 652 g/mol. The molecule has 248 valence electrons. The Kier molecular flexibility index (Phi) is 8.65. The van der Waals surface area contributed by atoms with Gasteiger partial charge in [-0.2, -0.15) is 14.0 Å². The number of hydrogen-bond acceptors (Lipinski definition) is 15. The minimum absolute atomic E-state index is 0.0463. The van der Waals surface area contributed by atoms with Crippen LogP contribution in [0.1, 0.15) is 19.5 Å². The van der Waals surface area contributed by atoms with Gasteiger partial charge >= 0.3 is 5.97 Å². The number of carboxylic acids is 1. The molecule has 19 nitrogen and oxygen atoms in total. The quantitative estimate of drug-likeness (QED) is 0.0314. The summed E-state index contributed by atoms with van der Waals surface area (Å²) < 4.78 is 46.5. The summed E-state index contributed by atoms with van der Waals surface area (Å²) >= 11 is 0.947. The predicted molar refractivity (Wildman–Crippen MR) is 156 cm³/mol. The SMILES string of the molecule is C[n+]1c2ccc(OC[C@H](O/N=C(\C(=O)NC3C(=O)N(OS(=O)(=O)[O-])C3(C)C)c3csc(N)n3)C(=O)O)cc2cn1CC1(O)CNC1. The number of nitrogens with two attached hydrogens (primary N) is 1. The van der Waals surface area contributed by atoms with Gasteiger partial charge in [-0.3, -0.25) is 9.59 Å². The number of nitrogens with one attached hydrogen (secondary N) is 2. The zero-order chi connectivity index (χ0) is 33.6. The van der Waals surface area contributed by atoms with Crippen molar-refractivity contribution in [3.8, 4) is 5.75 Å². The highest BCUT2D eigenvalue weighted by Crippen LogP contribution is 2.33. The lowest BCUT2D eigenvalue weighted by molar-refractivity contribution is -0.732. The van der Waals surface area contributed by atoms with E-state index in [1.807, 2.05) is 22.6 Å². The van der Waals surface area contributed by atoms with Gasteiger partial charge in [-0.15, -0.1) is 16.0 Å². The fourth-order valence-electron chi connectivity index (χ4n) is 4.84. The number of benzene rings is 1. The van der Waals surface area contributed by atoms with Crippen LogP contribution >= 0.6 is 11.3 Å². The fourth-order valence-corrected chi connectivity index (χ4v) is 5.83. The van der Waals surface area contributed by atoms with Crippen molar-refractivity contribution in [2.45, 2.75) is 43.7 Å². The standard InChI is InChI=1S/C25H30N8O11S2/c1-24(2)19(21(35)33(24)44-46(39,40)41)29-20(34)18(15-9-45-23(26)28-15)30-43-17(22(36)37)8-42-14-4-5-16-13(6-14)7-32(31(16)3)12-25(38)10-27-11-25/h4-7,9,17,19,27,38H,8,10-12H2,1-3H3,(H4-,26,28,29,34,36,37,39,40,41)/b30-18-/t17-,19?/m0/s1. The van der Waals surface area contributed by atoms with E-state index in [4.69, 9.17) is 15.3 Å². The number of β-lactam (4-membered cyclic amide) rings is 1. The third kappa shape index (κ3) is 6.73. The number of carboxylic acid groups (broad SMARTS) is 1. The molecule has 1 aromatic carbocycles. The number of hydroxylamine groups is 2. The van der Waals surface area contributed by atoms with E-state index in [2.05, 4.69) is 25.1 Å². The Labute approximate surface area is 265 Å². The van der Waals surface area contributed by atoms with Gasteiger partial charge in [0.1, 0.15) is 36.2 Å². The first-order valence-corrected chi connectivity index (χ1v) is 15.7. The summed E-state index contributed by atoms with van der Waals surface area (Å²) in [6.07, 6.45) is 0.126. The number of thiazole rings is 1. The molecule has 2 saturated heterocycles. The number of hydrogen-bond donors (Lipinski definition) is 5. The third-order valence-corrected chi connectivity index (χ3v) is 8.44. The zero-order valence-electron chi connectivity index (χ0n) is 24.6. The van der Waals surface area contributed by atoms with E-state index >= 15 is 0 Å². The lowest BCUT2D eigenvalue weighted by atomic mass is 9.84. The fraction of sp³-hybridized carbons (Fsp3) is 0.440. The number of ether oxygens (including phenoxy) is 1. The highest BCUT2D eigenvalue weighted by Gasteiger charge is 2.57. The summed E-state index contributed by atoms with van der Waals surface area (Å²) in [5, 5.41) is 31.8. The molecule has 46 heavy (non-hydrogen) atoms. The van der Waals surface area contributed by atoms with Crippen LogP contribution in [0, 0.1) is 0 Å². The number of aliphatic hydroxyl groups is 1. The van der Waals surface area contributed by atoms with E-state index in [1.165, 1.54) is 19.2 Å². The Hall–Kier alpha value is -4.41. The molecule has 4 heterocycles. The normalized spacial score (nSPS) is 19.7. The number of oxime groups is 1. The number of fused-ring (bicyclic) bond motifs is 1. The number of carbonyl (C=O) groups is 3. The lowest BCUT2D eigenvalue weighted by Crippen LogP contribution is -2.76. The van der Waals surface area contributed by atoms with Crippen LogP contribution in [-0.2, 0) is 47.5 Å². The molecule has 6 N–H and O–H groups in total. The number of nitrogen functional groups attached to an aromatic ring is 1. The van der Waals surface area contributed by atoms with E-state index in [-0.39, 0.29) is 10.8 Å². The van der Waals surface area contributed by atoms with Crippen LogP contribution in [-0.4, -0.2) is 104 Å². The first kappa shape index (κ1) is 33.0. The first-order chi connectivity index (χ1) is 21.5. The molecule has 2 fully saturated rings. The maximum Gasteiger partial charge on any atom is 0.351 e. The summed E-state index contributed by atoms with van der Waals surface area (Å²) in [7, 11) is -3.43. The molecular formula is C25H30N8O11S2. The largest absolute Gasteiger partial charge is 0.724 e. The molecule has 5 rings (SSSR count). The van der Waals surface area contributed by atoms with Crippen LogP contribution < -0.4 is 25.8 Å². The average Bonchev–Trinajstić information content (AvgIpc) is 3.52. The smallest absolute Gasteiger partial charge is 0.351 e. The number of carbonyl (C=O) groups excluding carboxylic acids is 2. The molecule has 2 aliphatic heterocycles. The van der Waals surface area contributed by atoms with Gasteiger partial charge in [-0.25, -0.2) is 18.2 Å². The topological polar surface area (TPSA) is 264 Å². The van der Waals surface area contributed by atoms with E-state index in [1.54, 1.807) is 18.2 Å². The van der Waals surface area contributed by atoms with E-state index in [0.717, 1.165) is 22.2 Å². The molecule has 2 aliphatic rings. The number of aromatic nitrogens is 3. The number of amides is 2. The van der Waals surface area contributed by atoms with Gasteiger partial charge in [-0.1, -0.05) is 5.16 Å². The second kappa shape index (κ2) is 12.1. The maximum atomic E-state index is 13.2. The van der Waals surface area contributed by atoms with Crippen LogP contribution in [0.5, 0.6) is 5.75 Å². The molecule has 2 aromatic heterocycles. The minimum Gasteiger partial charge on any atom is -0.724 e. The van der Waals surface area contributed by atoms with Gasteiger partial charge in [0.25, 0.3) is 17.9 Å². The molecule has 0 radical (unpaired) electrons. The number of aryl methyl sites for hydroxylation is 1.